The third kappa shape index (κ3) is 5.50. The molecule has 0 aliphatic carbocycles. The molecule has 0 aromatic heterocycles. The Kier molecular flexibility index (Phi) is 7.92. The van der Waals surface area contributed by atoms with E-state index in [-0.39, 0.29) is 24.2 Å². The Labute approximate surface area is 176 Å². The quantitative estimate of drug-likeness (QED) is 0.781. The van der Waals surface area contributed by atoms with Gasteiger partial charge in [0, 0.05) is 30.3 Å². The molecule has 1 atom stereocenters. The lowest BCUT2D eigenvalue weighted by atomic mass is 9.92. The first kappa shape index (κ1) is 22.3. The zero-order chi connectivity index (χ0) is 19.3. The molecule has 2 amide bonds. The van der Waals surface area contributed by atoms with Gasteiger partial charge in [0.1, 0.15) is 5.54 Å². The summed E-state index contributed by atoms with van der Waals surface area (Å²) in [6.45, 7) is 3.35. The van der Waals surface area contributed by atoms with Gasteiger partial charge in [0.05, 0.1) is 6.42 Å². The number of nitrogens with two attached hydrogens (primary N) is 1. The van der Waals surface area contributed by atoms with Gasteiger partial charge in [0.2, 0.25) is 11.8 Å². The van der Waals surface area contributed by atoms with E-state index in [9.17, 15) is 9.59 Å². The Morgan fingerprint density at radius 3 is 2.29 bits per heavy atom. The molecule has 2 aromatic rings. The molecule has 1 aliphatic rings. The van der Waals surface area contributed by atoms with Gasteiger partial charge >= 0.3 is 0 Å². The summed E-state index contributed by atoms with van der Waals surface area (Å²) in [7, 11) is 0. The molecule has 28 heavy (non-hydrogen) atoms. The number of nitrogens with zero attached hydrogens (tertiary/aromatic N) is 1. The smallest absolute Gasteiger partial charge is 0.248 e. The van der Waals surface area contributed by atoms with Crippen molar-refractivity contribution < 1.29 is 9.59 Å². The number of halogens is 1. The van der Waals surface area contributed by atoms with E-state index in [1.54, 1.807) is 6.92 Å². The molecule has 0 bridgehead atoms. The van der Waals surface area contributed by atoms with Crippen LogP contribution in [0.3, 0.4) is 0 Å². The number of carbonyl (C=O) groups excluding carboxylic acids is 2. The third-order valence-electron chi connectivity index (χ3n) is 4.78. The first-order valence-corrected chi connectivity index (χ1v) is 10.2. The minimum atomic E-state index is -1.12. The maximum absolute atomic E-state index is 12.6. The van der Waals surface area contributed by atoms with Crippen LogP contribution < -0.4 is 11.1 Å². The Morgan fingerprint density at radius 2 is 1.68 bits per heavy atom. The molecule has 1 unspecified atom stereocenters. The van der Waals surface area contributed by atoms with E-state index in [2.05, 4.69) is 5.32 Å². The van der Waals surface area contributed by atoms with Gasteiger partial charge in [0.15, 0.2) is 0 Å². The summed E-state index contributed by atoms with van der Waals surface area (Å²) in [4.78, 5) is 26.9. The summed E-state index contributed by atoms with van der Waals surface area (Å²) in [6.07, 6.45) is 0.386. The summed E-state index contributed by atoms with van der Waals surface area (Å²) >= 11 is 1.89. The van der Waals surface area contributed by atoms with Crippen molar-refractivity contribution in [1.29, 1.82) is 0 Å². The van der Waals surface area contributed by atoms with Gasteiger partial charge in [-0.15, -0.1) is 12.4 Å². The van der Waals surface area contributed by atoms with Crippen LogP contribution in [0.15, 0.2) is 54.6 Å². The van der Waals surface area contributed by atoms with Gasteiger partial charge in [-0.25, -0.2) is 0 Å². The first-order valence-electron chi connectivity index (χ1n) is 9.07. The highest BCUT2D eigenvalue weighted by atomic mass is 35.5. The Morgan fingerprint density at radius 1 is 1.07 bits per heavy atom. The van der Waals surface area contributed by atoms with Crippen LogP contribution in [0.4, 0.5) is 5.69 Å². The molecule has 0 spiro atoms. The molecule has 0 saturated carbocycles. The van der Waals surface area contributed by atoms with Crippen molar-refractivity contribution in [2.45, 2.75) is 18.9 Å². The van der Waals surface area contributed by atoms with Crippen molar-refractivity contribution in [3.63, 3.8) is 0 Å². The highest BCUT2D eigenvalue weighted by molar-refractivity contribution is 7.99. The van der Waals surface area contributed by atoms with Crippen molar-refractivity contribution in [3.05, 3.63) is 65.7 Å². The fourth-order valence-electron chi connectivity index (χ4n) is 2.98. The van der Waals surface area contributed by atoms with E-state index in [1.807, 2.05) is 71.3 Å². The van der Waals surface area contributed by atoms with E-state index >= 15 is 0 Å². The molecule has 1 saturated heterocycles. The normalized spacial score (nSPS) is 15.9. The van der Waals surface area contributed by atoms with E-state index in [4.69, 9.17) is 5.73 Å². The van der Waals surface area contributed by atoms with Crippen molar-refractivity contribution in [3.8, 4) is 0 Å². The number of benzene rings is 2. The standard InChI is InChI=1S/C21H25N3O2S.ClH/c1-21(22,17-5-3-2-4-6-17)20(26)23-18-9-7-16(8-10-18)15-19(25)24-11-13-27-14-12-24;/h2-10H,11-15,22H2,1H3,(H,23,26);1H. The number of amides is 2. The predicted octanol–water partition coefficient (Wildman–Crippen LogP) is 3.04. The minimum Gasteiger partial charge on any atom is -0.341 e. The molecule has 1 heterocycles. The van der Waals surface area contributed by atoms with Crippen molar-refractivity contribution in [2.24, 2.45) is 5.73 Å². The van der Waals surface area contributed by atoms with Gasteiger partial charge in [0.25, 0.3) is 0 Å². The lowest BCUT2D eigenvalue weighted by Crippen LogP contribution is -2.45. The van der Waals surface area contributed by atoms with Crippen LogP contribution in [0.2, 0.25) is 0 Å². The van der Waals surface area contributed by atoms with Crippen LogP contribution in [0.25, 0.3) is 0 Å². The van der Waals surface area contributed by atoms with Gasteiger partial charge in [-0.1, -0.05) is 42.5 Å². The number of thioether (sulfide) groups is 1. The van der Waals surface area contributed by atoms with Crippen LogP contribution in [0, 0.1) is 0 Å². The minimum absolute atomic E-state index is 0. The Balaban J connectivity index is 0.00000280. The van der Waals surface area contributed by atoms with E-state index in [0.29, 0.717) is 12.1 Å². The topological polar surface area (TPSA) is 75.4 Å². The summed E-state index contributed by atoms with van der Waals surface area (Å²) in [6, 6.07) is 16.7. The van der Waals surface area contributed by atoms with Crippen molar-refractivity contribution in [1.82, 2.24) is 4.90 Å². The largest absolute Gasteiger partial charge is 0.341 e. The molecule has 2 aromatic carbocycles. The maximum Gasteiger partial charge on any atom is 0.248 e. The zero-order valence-electron chi connectivity index (χ0n) is 15.9. The van der Waals surface area contributed by atoms with Gasteiger partial charge in [-0.2, -0.15) is 11.8 Å². The highest BCUT2D eigenvalue weighted by Crippen LogP contribution is 2.20. The van der Waals surface area contributed by atoms with Crippen LogP contribution in [0.5, 0.6) is 0 Å². The van der Waals surface area contributed by atoms with Crippen LogP contribution >= 0.6 is 24.2 Å². The molecule has 5 nitrogen and oxygen atoms in total. The molecule has 0 radical (unpaired) electrons. The monoisotopic (exact) mass is 419 g/mol. The number of hydrogen-bond acceptors (Lipinski definition) is 4. The average molecular weight is 420 g/mol. The Bertz CT molecular complexity index is 791. The third-order valence-corrected chi connectivity index (χ3v) is 5.72. The molecule has 150 valence electrons. The highest BCUT2D eigenvalue weighted by Gasteiger charge is 2.30. The lowest BCUT2D eigenvalue weighted by Gasteiger charge is -2.26. The predicted molar refractivity (Wildman–Crippen MR) is 118 cm³/mol. The second kappa shape index (κ2) is 9.96. The SMILES string of the molecule is CC(N)(C(=O)Nc1ccc(CC(=O)N2CCSCC2)cc1)c1ccccc1.Cl. The van der Waals surface area contributed by atoms with E-state index in [0.717, 1.165) is 35.7 Å². The van der Waals surface area contributed by atoms with Crippen LogP contribution in [0.1, 0.15) is 18.1 Å². The molecular weight excluding hydrogens is 394 g/mol. The maximum atomic E-state index is 12.6. The van der Waals surface area contributed by atoms with Gasteiger partial charge in [-0.05, 0) is 30.2 Å². The molecule has 3 rings (SSSR count). The summed E-state index contributed by atoms with van der Waals surface area (Å²) in [5, 5.41) is 2.86. The first-order chi connectivity index (χ1) is 13.0. The van der Waals surface area contributed by atoms with E-state index < -0.39 is 5.54 Å². The number of nitrogens with one attached hydrogen (secondary N) is 1. The van der Waals surface area contributed by atoms with Crippen molar-refractivity contribution in [2.75, 3.05) is 29.9 Å². The average Bonchev–Trinajstić information content (AvgIpc) is 2.70. The lowest BCUT2D eigenvalue weighted by molar-refractivity contribution is -0.130. The molecule has 7 heteroatoms. The summed E-state index contributed by atoms with van der Waals surface area (Å²) in [5.74, 6) is 1.90. The summed E-state index contributed by atoms with van der Waals surface area (Å²) in [5.41, 5.74) is 7.48. The fraction of sp³-hybridized carbons (Fsp3) is 0.333. The number of hydrogen-bond donors (Lipinski definition) is 2. The number of rotatable bonds is 5. The number of anilines is 1. The molecule has 1 aliphatic heterocycles. The zero-order valence-corrected chi connectivity index (χ0v) is 17.5. The molecule has 3 N–H and O–H groups in total. The second-order valence-corrected chi connectivity index (χ2v) is 8.11. The fourth-order valence-corrected chi connectivity index (χ4v) is 3.88. The summed E-state index contributed by atoms with van der Waals surface area (Å²) < 4.78 is 0. The van der Waals surface area contributed by atoms with Gasteiger partial charge in [-0.3, -0.25) is 9.59 Å². The molecular formula is C21H26ClN3O2S. The van der Waals surface area contributed by atoms with E-state index in [1.165, 1.54) is 0 Å². The Hall–Kier alpha value is -2.02. The second-order valence-electron chi connectivity index (χ2n) is 6.89. The van der Waals surface area contributed by atoms with Crippen molar-refractivity contribution >= 4 is 41.7 Å². The van der Waals surface area contributed by atoms with Crippen LogP contribution in [-0.2, 0) is 21.5 Å². The van der Waals surface area contributed by atoms with Gasteiger partial charge < -0.3 is 16.0 Å². The molecule has 1 fully saturated rings. The number of carbonyl (C=O) groups is 2. The van der Waals surface area contributed by atoms with Crippen LogP contribution in [-0.4, -0.2) is 41.3 Å².